The summed E-state index contributed by atoms with van der Waals surface area (Å²) < 4.78 is 0. The standard InChI is InChI=1S/C8H6O4.C6H14S.K.H2O.H/c9-7(10)5-2-1-3-6(4-5)8(11)12;1-3-5-7-6-4-2;;;/h1-4H,(H,9,10)(H,11,12);3-6H2,1-2H3;;1H2;/q;;+1;;-1. The minimum atomic E-state index is -1.13. The van der Waals surface area contributed by atoms with E-state index in [2.05, 4.69) is 25.6 Å². The summed E-state index contributed by atoms with van der Waals surface area (Å²) in [6.07, 6.45) is 2.65. The third-order valence-corrected chi connectivity index (χ3v) is 3.45. The molecule has 1 rings (SSSR count). The van der Waals surface area contributed by atoms with Gasteiger partial charge in [0.25, 0.3) is 0 Å². The Morgan fingerprint density at radius 2 is 1.43 bits per heavy atom. The predicted octanol–water partition coefficient (Wildman–Crippen LogP) is -0.0856. The van der Waals surface area contributed by atoms with Crippen LogP contribution in [0.2, 0.25) is 0 Å². The molecule has 0 aliphatic heterocycles. The largest absolute Gasteiger partial charge is 1.00 e. The summed E-state index contributed by atoms with van der Waals surface area (Å²) in [4.78, 5) is 20.8. The van der Waals surface area contributed by atoms with Crippen LogP contribution < -0.4 is 51.4 Å². The number of benzene rings is 1. The van der Waals surface area contributed by atoms with Crippen LogP contribution in [0.4, 0.5) is 0 Å². The molecule has 0 amide bonds. The number of rotatable bonds is 6. The Kier molecular flexibility index (Phi) is 20.4. The first kappa shape index (κ1) is 26.0. The van der Waals surface area contributed by atoms with Crippen LogP contribution in [0, 0.1) is 0 Å². The van der Waals surface area contributed by atoms with Gasteiger partial charge in [0.1, 0.15) is 0 Å². The number of carboxylic acids is 2. The van der Waals surface area contributed by atoms with E-state index in [4.69, 9.17) is 10.2 Å². The van der Waals surface area contributed by atoms with E-state index in [0.29, 0.717) is 0 Å². The van der Waals surface area contributed by atoms with Gasteiger partial charge in [-0.2, -0.15) is 11.8 Å². The maximum atomic E-state index is 10.4. The van der Waals surface area contributed by atoms with Gasteiger partial charge in [-0.25, -0.2) is 9.59 Å². The van der Waals surface area contributed by atoms with E-state index in [1.165, 1.54) is 42.5 Å². The molecule has 0 heterocycles. The average Bonchev–Trinajstić information content (AvgIpc) is 2.40. The van der Waals surface area contributed by atoms with E-state index in [-0.39, 0.29) is 69.4 Å². The van der Waals surface area contributed by atoms with Gasteiger partial charge in [0.05, 0.1) is 11.1 Å². The molecule has 0 aliphatic rings. The van der Waals surface area contributed by atoms with Crippen LogP contribution in [0.3, 0.4) is 0 Å². The molecule has 4 N–H and O–H groups in total. The van der Waals surface area contributed by atoms with E-state index in [0.717, 1.165) is 6.07 Å². The van der Waals surface area contributed by atoms with Gasteiger partial charge in [0.2, 0.25) is 0 Å². The molecule has 0 saturated carbocycles. The second-order valence-electron chi connectivity index (χ2n) is 3.80. The molecule has 0 aliphatic carbocycles. The predicted molar refractivity (Wildman–Crippen MR) is 83.0 cm³/mol. The smallest absolute Gasteiger partial charge is 1.00 e. The molecule has 0 radical (unpaired) electrons. The first-order valence-electron chi connectivity index (χ1n) is 6.17. The van der Waals surface area contributed by atoms with Crippen LogP contribution in [-0.4, -0.2) is 39.1 Å². The maximum absolute atomic E-state index is 10.4. The van der Waals surface area contributed by atoms with E-state index in [1.807, 2.05) is 0 Å². The van der Waals surface area contributed by atoms with E-state index in [1.54, 1.807) is 0 Å². The Hall–Kier alpha value is 0.106. The molecule has 0 unspecified atom stereocenters. The SMILES string of the molecule is CCCSCCC.O.O=C(O)c1cccc(C(=O)O)c1.[H-].[K+]. The minimum Gasteiger partial charge on any atom is -1.00 e. The molecule has 0 spiro atoms. The van der Waals surface area contributed by atoms with Gasteiger partial charge in [0.15, 0.2) is 0 Å². The van der Waals surface area contributed by atoms with Crippen LogP contribution in [0.5, 0.6) is 0 Å². The molecule has 116 valence electrons. The zero-order valence-electron chi connectivity index (χ0n) is 13.8. The number of hydrogen-bond acceptors (Lipinski definition) is 3. The summed E-state index contributed by atoms with van der Waals surface area (Å²) >= 11 is 2.05. The summed E-state index contributed by atoms with van der Waals surface area (Å²) in [6.45, 7) is 4.45. The average molecular weight is 342 g/mol. The molecule has 1 aromatic rings. The van der Waals surface area contributed by atoms with Crippen molar-refractivity contribution in [3.63, 3.8) is 0 Å². The molecule has 0 aromatic heterocycles. The topological polar surface area (TPSA) is 106 Å². The van der Waals surface area contributed by atoms with Crippen molar-refractivity contribution in [3.05, 3.63) is 35.4 Å². The number of aromatic carboxylic acids is 2. The van der Waals surface area contributed by atoms with Crippen molar-refractivity contribution in [2.45, 2.75) is 26.7 Å². The van der Waals surface area contributed by atoms with Gasteiger partial charge in [-0.15, -0.1) is 0 Å². The third kappa shape index (κ3) is 13.5. The second-order valence-corrected chi connectivity index (χ2v) is 5.03. The summed E-state index contributed by atoms with van der Waals surface area (Å²) in [5.41, 5.74) is -0.0372. The fourth-order valence-electron chi connectivity index (χ4n) is 1.18. The molecule has 0 bridgehead atoms. The molecule has 5 nitrogen and oxygen atoms in total. The number of hydrogen-bond donors (Lipinski definition) is 2. The van der Waals surface area contributed by atoms with Crippen LogP contribution in [-0.2, 0) is 0 Å². The van der Waals surface area contributed by atoms with Crippen molar-refractivity contribution in [2.75, 3.05) is 11.5 Å². The van der Waals surface area contributed by atoms with Crippen LogP contribution in [0.1, 0.15) is 48.8 Å². The third-order valence-electron chi connectivity index (χ3n) is 2.05. The quantitative estimate of drug-likeness (QED) is 0.555. The van der Waals surface area contributed by atoms with E-state index in [9.17, 15) is 9.59 Å². The van der Waals surface area contributed by atoms with Crippen LogP contribution in [0.25, 0.3) is 0 Å². The van der Waals surface area contributed by atoms with Gasteiger partial charge in [-0.05, 0) is 42.5 Å². The fraction of sp³-hybridized carbons (Fsp3) is 0.429. The molecular formula is C14H23KO5S. The molecule has 1 aromatic carbocycles. The second kappa shape index (κ2) is 16.5. The number of carbonyl (C=O) groups is 2. The van der Waals surface area contributed by atoms with Gasteiger partial charge in [-0.1, -0.05) is 19.9 Å². The first-order chi connectivity index (χ1) is 9.02. The van der Waals surface area contributed by atoms with Crippen molar-refractivity contribution in [1.29, 1.82) is 0 Å². The zero-order valence-corrected chi connectivity index (χ0v) is 16.7. The zero-order chi connectivity index (χ0) is 14.7. The Balaban J connectivity index is -0.000000144. The maximum Gasteiger partial charge on any atom is 1.00 e. The van der Waals surface area contributed by atoms with Gasteiger partial charge >= 0.3 is 63.3 Å². The Morgan fingerprint density at radius 3 is 1.71 bits per heavy atom. The van der Waals surface area contributed by atoms with Crippen molar-refractivity contribution in [3.8, 4) is 0 Å². The number of thioether (sulfide) groups is 1. The van der Waals surface area contributed by atoms with Gasteiger partial charge in [-0.3, -0.25) is 0 Å². The summed E-state index contributed by atoms with van der Waals surface area (Å²) in [6, 6.07) is 5.20. The fourth-order valence-corrected chi connectivity index (χ4v) is 1.96. The minimum absolute atomic E-state index is 0. The summed E-state index contributed by atoms with van der Waals surface area (Å²) in [5.74, 6) is 0.429. The van der Waals surface area contributed by atoms with Gasteiger partial charge < -0.3 is 17.1 Å². The summed E-state index contributed by atoms with van der Waals surface area (Å²) in [7, 11) is 0. The van der Waals surface area contributed by atoms with Crippen LogP contribution in [0.15, 0.2) is 24.3 Å². The first-order valence-corrected chi connectivity index (χ1v) is 7.32. The Morgan fingerprint density at radius 1 is 1.05 bits per heavy atom. The molecule has 0 atom stereocenters. The van der Waals surface area contributed by atoms with Crippen molar-refractivity contribution < 1.29 is 78.1 Å². The Bertz CT molecular complexity index is 385. The molecule has 21 heavy (non-hydrogen) atoms. The molecular weight excluding hydrogens is 319 g/mol. The van der Waals surface area contributed by atoms with E-state index < -0.39 is 11.9 Å². The molecule has 0 saturated heterocycles. The van der Waals surface area contributed by atoms with E-state index >= 15 is 0 Å². The normalized spacial score (nSPS) is 8.48. The van der Waals surface area contributed by atoms with Crippen molar-refractivity contribution >= 4 is 23.7 Å². The monoisotopic (exact) mass is 342 g/mol. The summed E-state index contributed by atoms with van der Waals surface area (Å²) in [5, 5.41) is 17.0. The van der Waals surface area contributed by atoms with Crippen molar-refractivity contribution in [2.24, 2.45) is 0 Å². The van der Waals surface area contributed by atoms with Gasteiger partial charge in [0, 0.05) is 0 Å². The number of carboxylic acid groups (broad SMARTS) is 2. The Labute approximate surface area is 173 Å². The van der Waals surface area contributed by atoms with Crippen molar-refractivity contribution in [1.82, 2.24) is 0 Å². The molecule has 7 heteroatoms. The van der Waals surface area contributed by atoms with Crippen LogP contribution >= 0.6 is 11.8 Å². The molecule has 0 fully saturated rings.